The summed E-state index contributed by atoms with van der Waals surface area (Å²) in [5.74, 6) is -0.748. The number of carbonyl (C=O) groups excluding carboxylic acids is 1. The highest BCUT2D eigenvalue weighted by Gasteiger charge is 2.75. The number of carbonyl (C=O) groups is 1. The second kappa shape index (κ2) is 10.4. The maximum Gasteiger partial charge on any atom is 0.333 e. The molecule has 6 N–H and O–H groups in total. The summed E-state index contributed by atoms with van der Waals surface area (Å²) in [6, 6.07) is 0. The van der Waals surface area contributed by atoms with Gasteiger partial charge in [0.15, 0.2) is 0 Å². The molecule has 5 aliphatic carbocycles. The van der Waals surface area contributed by atoms with Crippen LogP contribution in [-0.4, -0.2) is 80.3 Å². The average molecular weight is 605 g/mol. The van der Waals surface area contributed by atoms with Crippen LogP contribution in [0.25, 0.3) is 0 Å². The van der Waals surface area contributed by atoms with Gasteiger partial charge in [-0.3, -0.25) is 0 Å². The van der Waals surface area contributed by atoms with Gasteiger partial charge in [-0.1, -0.05) is 59.3 Å². The van der Waals surface area contributed by atoms with E-state index in [0.29, 0.717) is 18.4 Å². The number of aliphatic hydroxyl groups is 6. The van der Waals surface area contributed by atoms with Crippen molar-refractivity contribution in [3.63, 3.8) is 0 Å². The first-order chi connectivity index (χ1) is 19.9. The Morgan fingerprint density at radius 2 is 1.58 bits per heavy atom. The zero-order valence-electron chi connectivity index (χ0n) is 27.4. The molecule has 0 heterocycles. The fourth-order valence-electron chi connectivity index (χ4n) is 11.5. The molecule has 0 radical (unpaired) electrons. The van der Waals surface area contributed by atoms with Gasteiger partial charge in [-0.2, -0.15) is 0 Å². The number of ether oxygens (including phenoxy) is 1. The topological polar surface area (TPSA) is 148 Å². The van der Waals surface area contributed by atoms with Crippen molar-refractivity contribution in [2.75, 3.05) is 13.2 Å². The quantitative estimate of drug-likeness (QED) is 0.162. The normalized spacial score (nSPS) is 52.6. The van der Waals surface area contributed by atoms with Gasteiger partial charge in [0.2, 0.25) is 0 Å². The summed E-state index contributed by atoms with van der Waals surface area (Å²) < 4.78 is 5.89. The van der Waals surface area contributed by atoms with E-state index in [2.05, 4.69) is 26.8 Å². The third-order valence-electron chi connectivity index (χ3n) is 14.6. The number of hydrogen-bond acceptors (Lipinski definition) is 8. The van der Waals surface area contributed by atoms with E-state index < -0.39 is 76.1 Å². The third kappa shape index (κ3) is 3.99. The molecular weight excluding hydrogens is 548 g/mol. The first kappa shape index (κ1) is 33.1. The van der Waals surface area contributed by atoms with Gasteiger partial charge in [0.25, 0.3) is 0 Å². The number of hydrogen-bond donors (Lipinski definition) is 6. The van der Waals surface area contributed by atoms with Crippen LogP contribution in [-0.2, 0) is 9.53 Å². The summed E-state index contributed by atoms with van der Waals surface area (Å²) in [6.45, 7) is 15.3. The number of esters is 1. The highest BCUT2D eigenvalue weighted by Crippen LogP contribution is 2.75. The van der Waals surface area contributed by atoms with Crippen molar-refractivity contribution in [2.24, 2.45) is 50.2 Å². The molecule has 0 spiro atoms. The Bertz CT molecular complexity index is 1190. The van der Waals surface area contributed by atoms with E-state index >= 15 is 0 Å². The summed E-state index contributed by atoms with van der Waals surface area (Å²) in [5, 5.41) is 68.9. The molecule has 0 bridgehead atoms. The van der Waals surface area contributed by atoms with Crippen molar-refractivity contribution in [3.05, 3.63) is 23.3 Å². The third-order valence-corrected chi connectivity index (χ3v) is 14.6. The number of fused-ring (bicyclic) bond motifs is 7. The van der Waals surface area contributed by atoms with E-state index in [1.165, 1.54) is 0 Å². The van der Waals surface area contributed by atoms with E-state index in [9.17, 15) is 35.4 Å². The zero-order valence-corrected chi connectivity index (χ0v) is 27.4. The second-order valence-electron chi connectivity index (χ2n) is 16.5. The van der Waals surface area contributed by atoms with Crippen LogP contribution in [0.5, 0.6) is 0 Å². The first-order valence-electron chi connectivity index (χ1n) is 16.4. The maximum absolute atomic E-state index is 12.9. The van der Waals surface area contributed by atoms with E-state index in [1.807, 2.05) is 20.8 Å². The fraction of sp³-hybridized carbons (Fsp3) is 0.857. The van der Waals surface area contributed by atoms with Crippen LogP contribution >= 0.6 is 0 Å². The summed E-state index contributed by atoms with van der Waals surface area (Å²) in [7, 11) is 0. The summed E-state index contributed by atoms with van der Waals surface area (Å²) in [4.78, 5) is 12.9. The van der Waals surface area contributed by atoms with Crippen LogP contribution in [0.15, 0.2) is 23.3 Å². The molecule has 4 saturated carbocycles. The van der Waals surface area contributed by atoms with Gasteiger partial charge < -0.3 is 35.4 Å². The van der Waals surface area contributed by atoms with Gasteiger partial charge in [-0.25, -0.2) is 4.79 Å². The lowest BCUT2D eigenvalue weighted by molar-refractivity contribution is -0.291. The molecule has 0 aromatic rings. The molecular formula is C35H56O8. The van der Waals surface area contributed by atoms with Crippen LogP contribution in [0.4, 0.5) is 0 Å². The van der Waals surface area contributed by atoms with E-state index in [0.717, 1.165) is 31.3 Å². The minimum absolute atomic E-state index is 0.0784. The Kier molecular flexibility index (Phi) is 7.97. The summed E-state index contributed by atoms with van der Waals surface area (Å²) in [5.41, 5.74) is -2.88. The Morgan fingerprint density at radius 3 is 2.16 bits per heavy atom. The molecule has 5 aliphatic rings. The first-order valence-corrected chi connectivity index (χ1v) is 16.4. The number of allylic oxidation sites excluding steroid dienone is 2. The minimum atomic E-state index is -1.51. The monoisotopic (exact) mass is 604 g/mol. The molecule has 8 heteroatoms. The lowest BCUT2D eigenvalue weighted by Crippen LogP contribution is -2.76. The smallest absolute Gasteiger partial charge is 0.333 e. The van der Waals surface area contributed by atoms with E-state index in [1.54, 1.807) is 19.9 Å². The molecule has 0 aromatic heterocycles. The largest absolute Gasteiger partial charge is 0.456 e. The molecule has 0 amide bonds. The van der Waals surface area contributed by atoms with Gasteiger partial charge >= 0.3 is 5.97 Å². The number of aliphatic hydroxyl groups excluding tert-OH is 6. The summed E-state index contributed by atoms with van der Waals surface area (Å²) >= 11 is 0. The standard InChI is InChI=1S/C35H56O8/c1-9-19(2)29(42)43-28-27(41)35(18-37)21(16-30(28,3)4)20-10-11-23-31(5)14-13-24(38)32(6,17-36)22(31)12-15-33(23,7)34(20,8)25(39)26(35)40/h9-10,21-28,36-41H,11-18H2,1-8H3. The van der Waals surface area contributed by atoms with E-state index in [-0.39, 0.29) is 23.9 Å². The van der Waals surface area contributed by atoms with Crippen LogP contribution in [0.1, 0.15) is 93.9 Å². The molecule has 4 fully saturated rings. The Balaban J connectivity index is 1.62. The molecule has 8 nitrogen and oxygen atoms in total. The zero-order chi connectivity index (χ0) is 32.1. The lowest BCUT2D eigenvalue weighted by atomic mass is 9.32. The molecule has 5 rings (SSSR count). The van der Waals surface area contributed by atoms with Crippen LogP contribution in [0.2, 0.25) is 0 Å². The fourth-order valence-corrected chi connectivity index (χ4v) is 11.5. The van der Waals surface area contributed by atoms with Gasteiger partial charge in [-0.05, 0) is 81.0 Å². The highest BCUT2D eigenvalue weighted by molar-refractivity contribution is 5.87. The molecule has 0 aromatic carbocycles. The van der Waals surface area contributed by atoms with Crippen molar-refractivity contribution < 1.29 is 40.2 Å². The average Bonchev–Trinajstić information content (AvgIpc) is 2.96. The van der Waals surface area contributed by atoms with Gasteiger partial charge in [0.1, 0.15) is 12.2 Å². The maximum atomic E-state index is 12.9. The van der Waals surface area contributed by atoms with Gasteiger partial charge in [0, 0.05) is 21.8 Å². The van der Waals surface area contributed by atoms with Crippen molar-refractivity contribution in [3.8, 4) is 0 Å². The Morgan fingerprint density at radius 1 is 0.930 bits per heavy atom. The Hall–Kier alpha value is -1.29. The predicted octanol–water partition coefficient (Wildman–Crippen LogP) is 3.51. The van der Waals surface area contributed by atoms with E-state index in [4.69, 9.17) is 4.74 Å². The lowest BCUT2D eigenvalue weighted by Gasteiger charge is -2.73. The van der Waals surface area contributed by atoms with Crippen molar-refractivity contribution >= 4 is 5.97 Å². The van der Waals surface area contributed by atoms with Crippen molar-refractivity contribution in [1.82, 2.24) is 0 Å². The molecule has 244 valence electrons. The van der Waals surface area contributed by atoms with Crippen LogP contribution < -0.4 is 0 Å². The van der Waals surface area contributed by atoms with Crippen molar-refractivity contribution in [2.45, 2.75) is 124 Å². The van der Waals surface area contributed by atoms with Crippen LogP contribution in [0, 0.1) is 50.2 Å². The van der Waals surface area contributed by atoms with Gasteiger partial charge in [-0.15, -0.1) is 0 Å². The summed E-state index contributed by atoms with van der Waals surface area (Å²) in [6.07, 6.45) is 2.33. The molecule has 0 saturated heterocycles. The highest BCUT2D eigenvalue weighted by atomic mass is 16.6. The SMILES string of the molecule is CC=C(C)C(=O)OC1C(O)C2(CO)C(CC1(C)C)C1=CCC3C4(C)CCC(O)C(C)(CO)C4CCC3(C)C1(C)C(O)C2O. The van der Waals surface area contributed by atoms with Crippen LogP contribution in [0.3, 0.4) is 0 Å². The van der Waals surface area contributed by atoms with Gasteiger partial charge in [0.05, 0.1) is 36.9 Å². The minimum Gasteiger partial charge on any atom is -0.456 e. The second-order valence-corrected chi connectivity index (χ2v) is 16.5. The van der Waals surface area contributed by atoms with Crippen molar-refractivity contribution in [1.29, 1.82) is 0 Å². The molecule has 0 aliphatic heterocycles. The molecule has 43 heavy (non-hydrogen) atoms. The Labute approximate surface area is 257 Å². The molecule has 13 atom stereocenters. The predicted molar refractivity (Wildman–Crippen MR) is 162 cm³/mol. The number of rotatable bonds is 4. The molecule has 13 unspecified atom stereocenters.